The Kier molecular flexibility index (Phi) is 3.66. The molecule has 2 rings (SSSR count). The quantitative estimate of drug-likeness (QED) is 0.690. The predicted molar refractivity (Wildman–Crippen MR) is 69.6 cm³/mol. The van der Waals surface area contributed by atoms with Gasteiger partial charge in [-0.25, -0.2) is 0 Å². The Morgan fingerprint density at radius 2 is 2.00 bits per heavy atom. The lowest BCUT2D eigenvalue weighted by atomic mass is 10.3. The molecule has 4 heteroatoms. The predicted octanol–water partition coefficient (Wildman–Crippen LogP) is 3.29. The van der Waals surface area contributed by atoms with E-state index < -0.39 is 0 Å². The summed E-state index contributed by atoms with van der Waals surface area (Å²) in [5.74, 6) is 0. The zero-order valence-corrected chi connectivity index (χ0v) is 10.1. The van der Waals surface area contributed by atoms with Gasteiger partial charge in [-0.3, -0.25) is 10.4 Å². The van der Waals surface area contributed by atoms with Gasteiger partial charge in [0, 0.05) is 22.4 Å². The molecular formula is C12H10BrN3. The molecule has 1 aromatic heterocycles. The number of hydrogen-bond donors (Lipinski definition) is 1. The highest BCUT2D eigenvalue weighted by molar-refractivity contribution is 9.10. The molecule has 0 bridgehead atoms. The Labute approximate surface area is 102 Å². The van der Waals surface area contributed by atoms with Gasteiger partial charge in [-0.15, -0.1) is 0 Å². The Balaban J connectivity index is 1.97. The summed E-state index contributed by atoms with van der Waals surface area (Å²) < 4.78 is 1.05. The van der Waals surface area contributed by atoms with Gasteiger partial charge in [-0.1, -0.05) is 22.0 Å². The van der Waals surface area contributed by atoms with E-state index in [2.05, 4.69) is 31.4 Å². The van der Waals surface area contributed by atoms with Crippen LogP contribution in [-0.2, 0) is 0 Å². The molecule has 0 atom stereocenters. The van der Waals surface area contributed by atoms with Crippen molar-refractivity contribution in [2.24, 2.45) is 5.10 Å². The van der Waals surface area contributed by atoms with Gasteiger partial charge in [-0.05, 0) is 30.3 Å². The largest absolute Gasteiger partial charge is 0.279 e. The Bertz CT molecular complexity index is 465. The van der Waals surface area contributed by atoms with Gasteiger partial charge < -0.3 is 0 Å². The van der Waals surface area contributed by atoms with Gasteiger partial charge in [0.05, 0.1) is 11.9 Å². The molecule has 0 spiro atoms. The minimum atomic E-state index is 0.948. The van der Waals surface area contributed by atoms with Crippen LogP contribution in [0.3, 0.4) is 0 Å². The highest BCUT2D eigenvalue weighted by atomic mass is 79.9. The number of nitrogens with one attached hydrogen (secondary N) is 1. The molecule has 0 saturated heterocycles. The van der Waals surface area contributed by atoms with E-state index >= 15 is 0 Å². The molecule has 16 heavy (non-hydrogen) atoms. The highest BCUT2D eigenvalue weighted by Crippen LogP contribution is 2.13. The smallest absolute Gasteiger partial charge is 0.0562 e. The van der Waals surface area contributed by atoms with Crippen molar-refractivity contribution < 1.29 is 0 Å². The van der Waals surface area contributed by atoms with Crippen LogP contribution in [0.15, 0.2) is 58.4 Å². The van der Waals surface area contributed by atoms with Crippen LogP contribution in [0.2, 0.25) is 0 Å². The van der Waals surface area contributed by atoms with Crippen LogP contribution >= 0.6 is 15.9 Å². The van der Waals surface area contributed by atoms with Crippen molar-refractivity contribution >= 4 is 27.8 Å². The van der Waals surface area contributed by atoms with E-state index in [1.807, 2.05) is 36.4 Å². The van der Waals surface area contributed by atoms with Crippen molar-refractivity contribution in [2.75, 3.05) is 5.43 Å². The molecule has 1 aromatic carbocycles. The molecule has 0 aliphatic carbocycles. The summed E-state index contributed by atoms with van der Waals surface area (Å²) in [6.45, 7) is 0. The van der Waals surface area contributed by atoms with E-state index in [1.54, 1.807) is 18.6 Å². The van der Waals surface area contributed by atoms with Crippen molar-refractivity contribution in [3.05, 3.63) is 58.8 Å². The van der Waals surface area contributed by atoms with E-state index in [9.17, 15) is 0 Å². The van der Waals surface area contributed by atoms with Gasteiger partial charge >= 0.3 is 0 Å². The SMILES string of the molecule is Brc1ccc(N/N=C/c2cccnc2)cc1. The van der Waals surface area contributed by atoms with Crippen molar-refractivity contribution in [1.82, 2.24) is 4.98 Å². The Morgan fingerprint density at radius 1 is 1.19 bits per heavy atom. The average molecular weight is 276 g/mol. The summed E-state index contributed by atoms with van der Waals surface area (Å²) in [7, 11) is 0. The van der Waals surface area contributed by atoms with Crippen LogP contribution in [0.4, 0.5) is 5.69 Å². The fraction of sp³-hybridized carbons (Fsp3) is 0. The monoisotopic (exact) mass is 275 g/mol. The second-order valence-corrected chi connectivity index (χ2v) is 4.08. The van der Waals surface area contributed by atoms with Gasteiger partial charge in [0.1, 0.15) is 0 Å². The molecule has 1 N–H and O–H groups in total. The summed E-state index contributed by atoms with van der Waals surface area (Å²) >= 11 is 3.38. The summed E-state index contributed by atoms with van der Waals surface area (Å²) in [6.07, 6.45) is 5.22. The van der Waals surface area contributed by atoms with E-state index in [-0.39, 0.29) is 0 Å². The van der Waals surface area contributed by atoms with E-state index in [0.717, 1.165) is 15.7 Å². The lowest BCUT2D eigenvalue weighted by Crippen LogP contribution is -1.90. The number of nitrogens with zero attached hydrogens (tertiary/aromatic N) is 2. The first-order valence-corrected chi connectivity index (χ1v) is 5.58. The summed E-state index contributed by atoms with van der Waals surface area (Å²) in [6, 6.07) is 11.6. The maximum atomic E-state index is 4.11. The third-order valence-corrected chi connectivity index (χ3v) is 2.46. The number of hydrazone groups is 1. The fourth-order valence-corrected chi connectivity index (χ4v) is 1.42. The standard InChI is InChI=1S/C12H10BrN3/c13-11-3-5-12(6-4-11)16-15-9-10-2-1-7-14-8-10/h1-9,16H/b15-9+. The molecule has 80 valence electrons. The first-order chi connectivity index (χ1) is 7.84. The van der Waals surface area contributed by atoms with Crippen molar-refractivity contribution in [1.29, 1.82) is 0 Å². The zero-order valence-electron chi connectivity index (χ0n) is 8.47. The van der Waals surface area contributed by atoms with Gasteiger partial charge in [0.2, 0.25) is 0 Å². The second kappa shape index (κ2) is 5.42. The Morgan fingerprint density at radius 3 is 2.69 bits per heavy atom. The second-order valence-electron chi connectivity index (χ2n) is 3.16. The highest BCUT2D eigenvalue weighted by Gasteiger charge is 1.89. The van der Waals surface area contributed by atoms with E-state index in [0.29, 0.717) is 0 Å². The van der Waals surface area contributed by atoms with Crippen molar-refractivity contribution in [3.8, 4) is 0 Å². The molecular weight excluding hydrogens is 266 g/mol. The Hall–Kier alpha value is -1.68. The van der Waals surface area contributed by atoms with E-state index in [1.165, 1.54) is 0 Å². The summed E-state index contributed by atoms with van der Waals surface area (Å²) in [5.41, 5.74) is 4.85. The molecule has 2 aromatic rings. The molecule has 0 unspecified atom stereocenters. The number of pyridine rings is 1. The van der Waals surface area contributed by atoms with Crippen LogP contribution < -0.4 is 5.43 Å². The van der Waals surface area contributed by atoms with Crippen LogP contribution in [0.25, 0.3) is 0 Å². The zero-order chi connectivity index (χ0) is 11.2. The average Bonchev–Trinajstić information content (AvgIpc) is 2.33. The number of halogens is 1. The van der Waals surface area contributed by atoms with Crippen LogP contribution in [0.1, 0.15) is 5.56 Å². The summed E-state index contributed by atoms with van der Waals surface area (Å²) in [5, 5.41) is 4.11. The lowest BCUT2D eigenvalue weighted by Gasteiger charge is -1.99. The third kappa shape index (κ3) is 3.17. The molecule has 0 aliphatic rings. The van der Waals surface area contributed by atoms with Crippen molar-refractivity contribution in [3.63, 3.8) is 0 Å². The number of aromatic nitrogens is 1. The van der Waals surface area contributed by atoms with Gasteiger partial charge in [-0.2, -0.15) is 5.10 Å². The molecule has 0 aliphatic heterocycles. The van der Waals surface area contributed by atoms with Crippen LogP contribution in [0, 0.1) is 0 Å². The minimum absolute atomic E-state index is 0.948. The first kappa shape index (κ1) is 10.8. The number of anilines is 1. The molecule has 0 fully saturated rings. The number of rotatable bonds is 3. The summed E-state index contributed by atoms with van der Waals surface area (Å²) in [4.78, 5) is 4.00. The third-order valence-electron chi connectivity index (χ3n) is 1.94. The maximum Gasteiger partial charge on any atom is 0.0562 e. The molecule has 3 nitrogen and oxygen atoms in total. The lowest BCUT2D eigenvalue weighted by molar-refractivity contribution is 1.30. The molecule has 0 saturated carbocycles. The van der Waals surface area contributed by atoms with Gasteiger partial charge in [0.15, 0.2) is 0 Å². The van der Waals surface area contributed by atoms with Crippen LogP contribution in [-0.4, -0.2) is 11.2 Å². The molecule has 1 heterocycles. The number of hydrogen-bond acceptors (Lipinski definition) is 3. The van der Waals surface area contributed by atoms with Crippen LogP contribution in [0.5, 0.6) is 0 Å². The van der Waals surface area contributed by atoms with Gasteiger partial charge in [0.25, 0.3) is 0 Å². The normalized spacial score (nSPS) is 10.6. The fourth-order valence-electron chi connectivity index (χ4n) is 1.16. The van der Waals surface area contributed by atoms with Crippen molar-refractivity contribution in [2.45, 2.75) is 0 Å². The molecule has 0 amide bonds. The topological polar surface area (TPSA) is 37.3 Å². The molecule has 0 radical (unpaired) electrons. The van der Waals surface area contributed by atoms with E-state index in [4.69, 9.17) is 0 Å². The first-order valence-electron chi connectivity index (χ1n) is 4.79. The minimum Gasteiger partial charge on any atom is -0.279 e. The maximum absolute atomic E-state index is 4.11. The number of benzene rings is 1.